The highest BCUT2D eigenvalue weighted by Crippen LogP contribution is 2.03. The van der Waals surface area contributed by atoms with Gasteiger partial charge in [-0.15, -0.1) is 0 Å². The number of primary amides is 1. The Labute approximate surface area is 134 Å². The van der Waals surface area contributed by atoms with Crippen molar-refractivity contribution in [2.24, 2.45) is 21.5 Å². The smallest absolute Gasteiger partial charge is 0.356 e. The summed E-state index contributed by atoms with van der Waals surface area (Å²) in [6.45, 7) is 5.19. The SMILES string of the molecule is C=C(C(N)=O)C(N=CC)=N/C=C(\N)C(=O)OCc1ccccc1. The zero-order chi connectivity index (χ0) is 17.2. The average Bonchev–Trinajstić information content (AvgIpc) is 2.56. The monoisotopic (exact) mass is 314 g/mol. The van der Waals surface area contributed by atoms with Crippen molar-refractivity contribution < 1.29 is 14.3 Å². The van der Waals surface area contributed by atoms with Crippen LogP contribution >= 0.6 is 0 Å². The third-order valence-electron chi connectivity index (χ3n) is 2.59. The molecule has 1 amide bonds. The number of nitrogens with zero attached hydrogens (tertiary/aromatic N) is 2. The van der Waals surface area contributed by atoms with Crippen LogP contribution in [0.2, 0.25) is 0 Å². The zero-order valence-corrected chi connectivity index (χ0v) is 12.7. The van der Waals surface area contributed by atoms with Crippen LogP contribution in [0.4, 0.5) is 0 Å². The first kappa shape index (κ1) is 17.8. The molecule has 1 aromatic carbocycles. The predicted octanol–water partition coefficient (Wildman–Crippen LogP) is 1.06. The molecule has 4 N–H and O–H groups in total. The second-order valence-electron chi connectivity index (χ2n) is 4.33. The molecule has 23 heavy (non-hydrogen) atoms. The van der Waals surface area contributed by atoms with Crippen molar-refractivity contribution in [3.05, 3.63) is 59.9 Å². The third-order valence-corrected chi connectivity index (χ3v) is 2.59. The van der Waals surface area contributed by atoms with E-state index in [0.29, 0.717) is 0 Å². The molecule has 7 heteroatoms. The van der Waals surface area contributed by atoms with Gasteiger partial charge in [0.15, 0.2) is 5.84 Å². The van der Waals surface area contributed by atoms with Crippen LogP contribution in [0.15, 0.2) is 64.4 Å². The van der Waals surface area contributed by atoms with Gasteiger partial charge in [-0.1, -0.05) is 36.9 Å². The lowest BCUT2D eigenvalue weighted by Crippen LogP contribution is -2.19. The minimum Gasteiger partial charge on any atom is -0.456 e. The maximum absolute atomic E-state index is 11.8. The number of amidine groups is 1. The summed E-state index contributed by atoms with van der Waals surface area (Å²) < 4.78 is 5.04. The summed E-state index contributed by atoms with van der Waals surface area (Å²) in [4.78, 5) is 30.5. The van der Waals surface area contributed by atoms with E-state index >= 15 is 0 Å². The Morgan fingerprint density at radius 3 is 2.48 bits per heavy atom. The Morgan fingerprint density at radius 2 is 1.91 bits per heavy atom. The van der Waals surface area contributed by atoms with Crippen molar-refractivity contribution in [2.45, 2.75) is 13.5 Å². The van der Waals surface area contributed by atoms with E-state index < -0.39 is 11.9 Å². The number of esters is 1. The van der Waals surface area contributed by atoms with Gasteiger partial charge in [0.25, 0.3) is 5.91 Å². The molecule has 0 aliphatic heterocycles. The zero-order valence-electron chi connectivity index (χ0n) is 12.7. The summed E-state index contributed by atoms with van der Waals surface area (Å²) >= 11 is 0. The van der Waals surface area contributed by atoms with Crippen molar-refractivity contribution in [3.63, 3.8) is 0 Å². The van der Waals surface area contributed by atoms with Crippen LogP contribution in [0.1, 0.15) is 12.5 Å². The second-order valence-corrected chi connectivity index (χ2v) is 4.33. The summed E-state index contributed by atoms with van der Waals surface area (Å²) in [5.41, 5.74) is 11.2. The van der Waals surface area contributed by atoms with Gasteiger partial charge >= 0.3 is 5.97 Å². The highest BCUT2D eigenvalue weighted by molar-refractivity contribution is 6.21. The number of carbonyl (C=O) groups excluding carboxylic acids is 2. The van der Waals surface area contributed by atoms with Crippen molar-refractivity contribution in [3.8, 4) is 0 Å². The third kappa shape index (κ3) is 5.96. The van der Waals surface area contributed by atoms with Crippen LogP contribution in [-0.4, -0.2) is 23.9 Å². The van der Waals surface area contributed by atoms with Crippen molar-refractivity contribution >= 4 is 23.9 Å². The molecule has 0 saturated heterocycles. The van der Waals surface area contributed by atoms with Crippen LogP contribution in [0.3, 0.4) is 0 Å². The Morgan fingerprint density at radius 1 is 1.26 bits per heavy atom. The summed E-state index contributed by atoms with van der Waals surface area (Å²) in [5.74, 6) is -1.53. The molecule has 0 heterocycles. The normalized spacial score (nSPS) is 12.2. The maximum Gasteiger partial charge on any atom is 0.356 e. The number of hydrogen-bond acceptors (Lipinski definition) is 5. The molecule has 0 aliphatic rings. The summed E-state index contributed by atoms with van der Waals surface area (Å²) in [5, 5.41) is 0. The average molecular weight is 314 g/mol. The van der Waals surface area contributed by atoms with Gasteiger partial charge in [-0.05, 0) is 12.5 Å². The standard InChI is InChI=1S/C16H18N4O3/c1-3-19-15(11(2)14(18)21)20-9-13(17)16(22)23-10-12-7-5-4-6-8-12/h3-9H,2,10,17H2,1H3,(H2,18,21)/b13-9-,19-3?,20-15?. The number of rotatable bonds is 6. The minimum absolute atomic E-state index is 0.0289. The molecule has 0 fully saturated rings. The fraction of sp³-hybridized carbons (Fsp3) is 0.125. The molecule has 1 aromatic rings. The molecule has 0 bridgehead atoms. The Hall–Kier alpha value is -3.22. The van der Waals surface area contributed by atoms with Crippen LogP contribution in [-0.2, 0) is 20.9 Å². The quantitative estimate of drug-likeness (QED) is 0.353. The van der Waals surface area contributed by atoms with E-state index in [1.807, 2.05) is 30.3 Å². The summed E-state index contributed by atoms with van der Waals surface area (Å²) in [6.07, 6.45) is 2.45. The van der Waals surface area contributed by atoms with Crippen LogP contribution in [0.5, 0.6) is 0 Å². The summed E-state index contributed by atoms with van der Waals surface area (Å²) in [7, 11) is 0. The molecule has 0 aromatic heterocycles. The molecule has 0 radical (unpaired) electrons. The van der Waals surface area contributed by atoms with Gasteiger partial charge in [0.05, 0.1) is 11.8 Å². The van der Waals surface area contributed by atoms with E-state index in [9.17, 15) is 9.59 Å². The van der Waals surface area contributed by atoms with Crippen molar-refractivity contribution in [1.82, 2.24) is 0 Å². The molecule has 7 nitrogen and oxygen atoms in total. The molecule has 0 spiro atoms. The number of aliphatic imine (C=N–C) groups is 2. The largest absolute Gasteiger partial charge is 0.456 e. The van der Waals surface area contributed by atoms with Crippen LogP contribution in [0.25, 0.3) is 0 Å². The number of amides is 1. The lowest BCUT2D eigenvalue weighted by Gasteiger charge is -2.04. The number of nitrogens with two attached hydrogens (primary N) is 2. The minimum atomic E-state index is -0.770. The van der Waals surface area contributed by atoms with E-state index in [1.54, 1.807) is 6.92 Å². The van der Waals surface area contributed by atoms with Crippen molar-refractivity contribution in [2.75, 3.05) is 0 Å². The van der Waals surface area contributed by atoms with E-state index in [-0.39, 0.29) is 23.7 Å². The Balaban J connectivity index is 2.76. The van der Waals surface area contributed by atoms with Gasteiger partial charge in [0, 0.05) is 6.21 Å². The lowest BCUT2D eigenvalue weighted by molar-refractivity contribution is -0.140. The van der Waals surface area contributed by atoms with E-state index in [4.69, 9.17) is 16.2 Å². The van der Waals surface area contributed by atoms with Gasteiger partial charge in [0.2, 0.25) is 0 Å². The lowest BCUT2D eigenvalue weighted by atomic mass is 10.2. The van der Waals surface area contributed by atoms with Gasteiger partial charge in [-0.25, -0.2) is 14.8 Å². The maximum atomic E-state index is 11.8. The van der Waals surface area contributed by atoms with Crippen molar-refractivity contribution in [1.29, 1.82) is 0 Å². The molecule has 0 aliphatic carbocycles. The first-order chi connectivity index (χ1) is 11.0. The van der Waals surface area contributed by atoms with E-state index in [2.05, 4.69) is 16.6 Å². The predicted molar refractivity (Wildman–Crippen MR) is 88.4 cm³/mol. The topological polar surface area (TPSA) is 120 Å². The van der Waals surface area contributed by atoms with E-state index in [0.717, 1.165) is 11.8 Å². The molecule has 1 rings (SSSR count). The number of hydrogen-bond donors (Lipinski definition) is 2. The molecular weight excluding hydrogens is 296 g/mol. The molecule has 120 valence electrons. The number of ether oxygens (including phenoxy) is 1. The fourth-order valence-electron chi connectivity index (χ4n) is 1.41. The molecule has 0 atom stereocenters. The van der Waals surface area contributed by atoms with Crippen LogP contribution < -0.4 is 11.5 Å². The molecule has 0 unspecified atom stereocenters. The van der Waals surface area contributed by atoms with Gasteiger partial charge in [0.1, 0.15) is 12.3 Å². The first-order valence-electron chi connectivity index (χ1n) is 6.68. The number of carbonyl (C=O) groups is 2. The number of benzene rings is 1. The highest BCUT2D eigenvalue weighted by atomic mass is 16.5. The van der Waals surface area contributed by atoms with E-state index in [1.165, 1.54) is 6.21 Å². The van der Waals surface area contributed by atoms with Gasteiger partial charge in [-0.3, -0.25) is 4.79 Å². The van der Waals surface area contributed by atoms with Gasteiger partial charge < -0.3 is 16.2 Å². The molecular formula is C16H18N4O3. The second kappa shape index (κ2) is 8.93. The molecule has 0 saturated carbocycles. The van der Waals surface area contributed by atoms with Gasteiger partial charge in [-0.2, -0.15) is 0 Å². The highest BCUT2D eigenvalue weighted by Gasteiger charge is 2.10. The van der Waals surface area contributed by atoms with Crippen LogP contribution in [0, 0.1) is 0 Å². The summed E-state index contributed by atoms with van der Waals surface area (Å²) in [6, 6.07) is 9.15. The Bertz CT molecular complexity index is 676. The Kier molecular flexibility index (Phi) is 6.93. The first-order valence-corrected chi connectivity index (χ1v) is 6.68. The fourth-order valence-corrected chi connectivity index (χ4v) is 1.41.